The van der Waals surface area contributed by atoms with Gasteiger partial charge in [-0.05, 0) is 36.7 Å². The largest absolute Gasteiger partial charge is 0.493 e. The fraction of sp³-hybridized carbons (Fsp3) is 0.667. The summed E-state index contributed by atoms with van der Waals surface area (Å²) in [6, 6.07) is 5.34. The monoisotopic (exact) mass is 367 g/mol. The van der Waals surface area contributed by atoms with E-state index >= 15 is 0 Å². The van der Waals surface area contributed by atoms with Crippen molar-refractivity contribution in [3.05, 3.63) is 23.8 Å². The highest BCUT2D eigenvalue weighted by Gasteiger charge is 2.27. The fourth-order valence-electron chi connectivity index (χ4n) is 3.55. The number of hydrogen-bond acceptors (Lipinski definition) is 5. The third-order valence-electron chi connectivity index (χ3n) is 5.23. The molecule has 1 N–H and O–H groups in total. The second kappa shape index (κ2) is 7.61. The van der Waals surface area contributed by atoms with E-state index < -0.39 is 10.0 Å². The lowest BCUT2D eigenvalue weighted by atomic mass is 10.0. The summed E-state index contributed by atoms with van der Waals surface area (Å²) in [5.41, 5.74) is 0.974. The summed E-state index contributed by atoms with van der Waals surface area (Å²) in [5, 5.41) is 0. The zero-order chi connectivity index (χ0) is 18.0. The molecule has 0 unspecified atom stereocenters. The van der Waals surface area contributed by atoms with E-state index in [4.69, 9.17) is 4.74 Å². The van der Waals surface area contributed by atoms with Crippen molar-refractivity contribution in [3.63, 3.8) is 0 Å². The van der Waals surface area contributed by atoms with Crippen LogP contribution in [0.5, 0.6) is 5.75 Å². The Labute approximate surface area is 151 Å². The van der Waals surface area contributed by atoms with Gasteiger partial charge in [-0.1, -0.05) is 13.8 Å². The van der Waals surface area contributed by atoms with Crippen LogP contribution in [0.25, 0.3) is 0 Å². The SMILES string of the molecule is CC(C)[C@@H](CNS(=O)(=O)c1ccc2c(c1)CCO2)N1CCN(C)CC1. The van der Waals surface area contributed by atoms with E-state index in [-0.39, 0.29) is 6.04 Å². The molecule has 140 valence electrons. The Bertz CT molecular complexity index is 698. The van der Waals surface area contributed by atoms with E-state index in [0.29, 0.717) is 24.0 Å². The van der Waals surface area contributed by atoms with Crippen molar-refractivity contribution in [2.45, 2.75) is 31.2 Å². The molecule has 6 nitrogen and oxygen atoms in total. The van der Waals surface area contributed by atoms with Gasteiger partial charge in [0.2, 0.25) is 10.0 Å². The molecule has 7 heteroatoms. The van der Waals surface area contributed by atoms with Gasteiger partial charge in [0.1, 0.15) is 5.75 Å². The maximum absolute atomic E-state index is 12.7. The molecule has 2 aliphatic heterocycles. The standard InChI is InChI=1S/C18H29N3O3S/c1-14(2)17(21-9-7-20(3)8-10-21)13-19-25(22,23)16-4-5-18-15(12-16)6-11-24-18/h4-5,12,14,17,19H,6-11,13H2,1-3H3/t17-/m1/s1. The predicted octanol–water partition coefficient (Wildman–Crippen LogP) is 1.17. The number of rotatable bonds is 6. The molecule has 0 spiro atoms. The van der Waals surface area contributed by atoms with E-state index in [0.717, 1.165) is 43.9 Å². The minimum absolute atomic E-state index is 0.209. The van der Waals surface area contributed by atoms with Crippen molar-refractivity contribution in [3.8, 4) is 5.75 Å². The number of nitrogens with one attached hydrogen (secondary N) is 1. The number of sulfonamides is 1. The van der Waals surface area contributed by atoms with Crippen LogP contribution in [-0.2, 0) is 16.4 Å². The van der Waals surface area contributed by atoms with Crippen LogP contribution in [0.1, 0.15) is 19.4 Å². The molecule has 0 aliphatic carbocycles. The van der Waals surface area contributed by atoms with E-state index in [1.807, 2.05) is 0 Å². The van der Waals surface area contributed by atoms with Crippen molar-refractivity contribution < 1.29 is 13.2 Å². The molecule has 25 heavy (non-hydrogen) atoms. The third kappa shape index (κ3) is 4.34. The van der Waals surface area contributed by atoms with Crippen molar-refractivity contribution in [2.75, 3.05) is 46.4 Å². The second-order valence-corrected chi connectivity index (χ2v) is 9.14. The second-order valence-electron chi connectivity index (χ2n) is 7.37. The summed E-state index contributed by atoms with van der Waals surface area (Å²) in [4.78, 5) is 5.05. The van der Waals surface area contributed by atoms with Gasteiger partial charge in [0, 0.05) is 45.2 Å². The lowest BCUT2D eigenvalue weighted by molar-refractivity contribution is 0.0905. The Balaban J connectivity index is 1.67. The first-order valence-corrected chi connectivity index (χ1v) is 10.5. The topological polar surface area (TPSA) is 61.9 Å². The van der Waals surface area contributed by atoms with Gasteiger partial charge in [-0.2, -0.15) is 0 Å². The third-order valence-corrected chi connectivity index (χ3v) is 6.65. The molecule has 1 atom stereocenters. The Morgan fingerprint density at radius 1 is 1.20 bits per heavy atom. The molecule has 0 amide bonds. The maximum Gasteiger partial charge on any atom is 0.240 e. The highest BCUT2D eigenvalue weighted by molar-refractivity contribution is 7.89. The van der Waals surface area contributed by atoms with Crippen LogP contribution in [0.3, 0.4) is 0 Å². The number of hydrogen-bond donors (Lipinski definition) is 1. The van der Waals surface area contributed by atoms with Gasteiger partial charge in [-0.15, -0.1) is 0 Å². The molecule has 1 aromatic rings. The fourth-order valence-corrected chi connectivity index (χ4v) is 4.65. The number of piperazine rings is 1. The summed E-state index contributed by atoms with van der Waals surface area (Å²) < 4.78 is 33.7. The minimum Gasteiger partial charge on any atom is -0.493 e. The Morgan fingerprint density at radius 2 is 1.92 bits per heavy atom. The summed E-state index contributed by atoms with van der Waals surface area (Å²) in [7, 11) is -1.38. The molecule has 0 aromatic heterocycles. The summed E-state index contributed by atoms with van der Waals surface area (Å²) >= 11 is 0. The molecule has 2 heterocycles. The van der Waals surface area contributed by atoms with Crippen molar-refractivity contribution >= 4 is 10.0 Å². The molecule has 0 bridgehead atoms. The molecule has 3 rings (SSSR count). The van der Waals surface area contributed by atoms with Gasteiger partial charge in [-0.25, -0.2) is 13.1 Å². The van der Waals surface area contributed by atoms with Crippen LogP contribution in [0.15, 0.2) is 23.1 Å². The zero-order valence-electron chi connectivity index (χ0n) is 15.4. The number of nitrogens with zero attached hydrogens (tertiary/aromatic N) is 2. The highest BCUT2D eigenvalue weighted by atomic mass is 32.2. The molecular weight excluding hydrogens is 338 g/mol. The maximum atomic E-state index is 12.7. The van der Waals surface area contributed by atoms with Crippen LogP contribution in [0.2, 0.25) is 0 Å². The van der Waals surface area contributed by atoms with E-state index in [9.17, 15) is 8.42 Å². The Kier molecular flexibility index (Phi) is 5.68. The lowest BCUT2D eigenvalue weighted by Crippen LogP contribution is -2.54. The normalized spacial score (nSPS) is 20.5. The molecular formula is C18H29N3O3S. The molecule has 1 aromatic carbocycles. The van der Waals surface area contributed by atoms with E-state index in [1.165, 1.54) is 0 Å². The molecule has 1 fully saturated rings. The first-order chi connectivity index (χ1) is 11.9. The van der Waals surface area contributed by atoms with Crippen molar-refractivity contribution in [1.29, 1.82) is 0 Å². The molecule has 2 aliphatic rings. The zero-order valence-corrected chi connectivity index (χ0v) is 16.2. The van der Waals surface area contributed by atoms with Gasteiger partial charge < -0.3 is 9.64 Å². The van der Waals surface area contributed by atoms with Gasteiger partial charge in [-0.3, -0.25) is 4.90 Å². The number of fused-ring (bicyclic) bond motifs is 1. The van der Waals surface area contributed by atoms with Crippen LogP contribution >= 0.6 is 0 Å². The quantitative estimate of drug-likeness (QED) is 0.818. The van der Waals surface area contributed by atoms with Crippen LogP contribution in [-0.4, -0.2) is 70.6 Å². The van der Waals surface area contributed by atoms with Gasteiger partial charge >= 0.3 is 0 Å². The smallest absolute Gasteiger partial charge is 0.240 e. The van der Waals surface area contributed by atoms with Gasteiger partial charge in [0.15, 0.2) is 0 Å². The van der Waals surface area contributed by atoms with Crippen LogP contribution in [0.4, 0.5) is 0 Å². The molecule has 0 radical (unpaired) electrons. The summed E-state index contributed by atoms with van der Waals surface area (Å²) in [5.74, 6) is 1.19. The Hall–Kier alpha value is -1.15. The van der Waals surface area contributed by atoms with Crippen LogP contribution in [0, 0.1) is 5.92 Å². The number of likely N-dealkylation sites (N-methyl/N-ethyl adjacent to an activating group) is 1. The number of benzene rings is 1. The highest BCUT2D eigenvalue weighted by Crippen LogP contribution is 2.27. The van der Waals surface area contributed by atoms with Gasteiger partial charge in [0.05, 0.1) is 11.5 Å². The van der Waals surface area contributed by atoms with Crippen molar-refractivity contribution in [2.24, 2.45) is 5.92 Å². The first kappa shape index (κ1) is 18.6. The summed E-state index contributed by atoms with van der Waals surface area (Å²) in [6.07, 6.45) is 0.772. The van der Waals surface area contributed by atoms with E-state index in [2.05, 4.69) is 35.4 Å². The van der Waals surface area contributed by atoms with Crippen LogP contribution < -0.4 is 9.46 Å². The first-order valence-electron chi connectivity index (χ1n) is 9.05. The van der Waals surface area contributed by atoms with Gasteiger partial charge in [0.25, 0.3) is 0 Å². The lowest BCUT2D eigenvalue weighted by Gasteiger charge is -2.39. The molecule has 1 saturated heterocycles. The predicted molar refractivity (Wildman–Crippen MR) is 98.5 cm³/mol. The van der Waals surface area contributed by atoms with E-state index in [1.54, 1.807) is 18.2 Å². The average Bonchev–Trinajstić information content (AvgIpc) is 3.04. The number of ether oxygens (including phenoxy) is 1. The summed E-state index contributed by atoms with van der Waals surface area (Å²) in [6.45, 7) is 9.41. The minimum atomic E-state index is -3.50. The molecule has 0 saturated carbocycles. The average molecular weight is 368 g/mol. The van der Waals surface area contributed by atoms with Crippen molar-refractivity contribution in [1.82, 2.24) is 14.5 Å². The Morgan fingerprint density at radius 3 is 2.60 bits per heavy atom.